The lowest BCUT2D eigenvalue weighted by atomic mass is 9.96. The van der Waals surface area contributed by atoms with Crippen molar-refractivity contribution < 1.29 is 86.9 Å². The highest BCUT2D eigenvalue weighted by Crippen LogP contribution is 2.16. The standard InChI is InChI=1S/C74H125N27O18/c1-8-41(6)59(101-69(116)53(33-43-17-10-9-11-18-43)100-63(110)46(20-14-28-85-72(78)79)92-57(104)37-88-56(103)36-89-61(108)54(34-44-35-84-38-90-44)97-60(107)45(76)23-25-55(77)102)70(117)96-49(22-16-30-87-74(82)83)65(112)99-51(31-39(2)3)67(114)94-47(19-12-13-27-75)64(111)98-52(32-40(4)5)68(115)95-50(24-26-58(105)106)66(113)93-48(21-15-29-86-73(80)81)62(109)91-42(7)71(118)119/h9-11,17-18,35,38-42,45-54,59H,8,12-16,19-34,36-37,75-76H2,1-7H3,(H2,77,102)(H,84,90)(H,88,103)(H,89,108)(H,91,109)(H,92,104)(H,93,113)(H,94,114)(H,95,115)(H,96,117)(H,97,107)(H,98,111)(H,99,112)(H,100,110)(H,101,116)(H,105,106)(H,118,119)(H4,78,79,85)(H4,80,81,86)(H4,82,83,87)/t41-,42-,45-,46-,47-,48-,49-,50-,51-,52-,53-,54-,59-/m0/s1. The van der Waals surface area contributed by atoms with Gasteiger partial charge in [-0.2, -0.15) is 0 Å². The smallest absolute Gasteiger partial charge is 0.325 e. The van der Waals surface area contributed by atoms with Gasteiger partial charge in [-0.05, 0) is 120 Å². The van der Waals surface area contributed by atoms with Crippen molar-refractivity contribution in [2.75, 3.05) is 39.3 Å². The van der Waals surface area contributed by atoms with Crippen LogP contribution >= 0.6 is 0 Å². The van der Waals surface area contributed by atoms with E-state index < -0.39 is 217 Å². The zero-order valence-electron chi connectivity index (χ0n) is 68.5. The maximum absolute atomic E-state index is 14.9. The van der Waals surface area contributed by atoms with Crippen molar-refractivity contribution in [1.29, 1.82) is 16.2 Å². The Morgan fingerprint density at radius 2 is 0.849 bits per heavy atom. The molecule has 2 aromatic rings. The molecule has 0 aliphatic heterocycles. The molecule has 14 amide bonds. The average Bonchev–Trinajstić information content (AvgIpc) is 1.38. The van der Waals surface area contributed by atoms with E-state index in [0.717, 1.165) is 0 Å². The molecule has 0 saturated carbocycles. The van der Waals surface area contributed by atoms with Crippen LogP contribution in [-0.4, -0.2) is 244 Å². The molecule has 2 rings (SSSR count). The first-order valence-corrected chi connectivity index (χ1v) is 39.5. The summed E-state index contributed by atoms with van der Waals surface area (Å²) >= 11 is 0. The number of nitrogens with two attached hydrogens (primary N) is 6. The highest BCUT2D eigenvalue weighted by atomic mass is 16.4. The van der Waals surface area contributed by atoms with Crippen molar-refractivity contribution in [3.8, 4) is 0 Å². The highest BCUT2D eigenvalue weighted by Gasteiger charge is 2.38. The normalized spacial score (nSPS) is 14.3. The van der Waals surface area contributed by atoms with E-state index >= 15 is 0 Å². The van der Waals surface area contributed by atoms with E-state index in [2.05, 4.69) is 95.0 Å². The molecular formula is C74H125N27O18. The quantitative estimate of drug-likeness (QED) is 0.0166. The van der Waals surface area contributed by atoms with E-state index in [1.807, 2.05) is 0 Å². The molecule has 45 heteroatoms. The fraction of sp³-hybridized carbons (Fsp3) is 0.622. The topological polar surface area (TPSA) is 762 Å². The summed E-state index contributed by atoms with van der Waals surface area (Å²) in [5.74, 6) is -17.9. The van der Waals surface area contributed by atoms with Gasteiger partial charge in [0.05, 0.1) is 31.2 Å². The van der Waals surface area contributed by atoms with Gasteiger partial charge in [-0.1, -0.05) is 78.3 Å². The number of amides is 14. The van der Waals surface area contributed by atoms with Crippen LogP contribution in [0, 0.1) is 34.0 Å². The first-order chi connectivity index (χ1) is 56.1. The number of imidazole rings is 1. The van der Waals surface area contributed by atoms with Gasteiger partial charge in [-0.15, -0.1) is 0 Å². The van der Waals surface area contributed by atoms with Gasteiger partial charge < -0.3 is 135 Å². The molecule has 1 aromatic carbocycles. The number of nitrogens with zero attached hydrogens (tertiary/aromatic N) is 1. The number of aromatic amines is 1. The summed E-state index contributed by atoms with van der Waals surface area (Å²) in [7, 11) is 0. The molecule has 1 heterocycles. The molecule has 664 valence electrons. The second-order valence-corrected chi connectivity index (χ2v) is 29.5. The summed E-state index contributed by atoms with van der Waals surface area (Å²) in [5, 5.41) is 83.0. The average molecular weight is 1680 g/mol. The summed E-state index contributed by atoms with van der Waals surface area (Å²) in [6.07, 6.45) is 1.35. The van der Waals surface area contributed by atoms with Gasteiger partial charge in [0.25, 0.3) is 0 Å². The van der Waals surface area contributed by atoms with Gasteiger partial charge in [0.1, 0.15) is 66.5 Å². The number of carboxylic acid groups (broad SMARTS) is 2. The second kappa shape index (κ2) is 55.3. The number of guanidine groups is 3. The van der Waals surface area contributed by atoms with Crippen LogP contribution in [0.25, 0.3) is 0 Å². The lowest BCUT2D eigenvalue weighted by Crippen LogP contribution is -2.61. The number of aromatic nitrogens is 2. The van der Waals surface area contributed by atoms with Crippen molar-refractivity contribution in [2.45, 2.75) is 237 Å². The number of nitrogens with one attached hydrogen (secondary N) is 20. The lowest BCUT2D eigenvalue weighted by Gasteiger charge is -2.30. The summed E-state index contributed by atoms with van der Waals surface area (Å²) in [4.78, 5) is 225. The third-order valence-corrected chi connectivity index (χ3v) is 18.4. The van der Waals surface area contributed by atoms with Gasteiger partial charge >= 0.3 is 11.9 Å². The highest BCUT2D eigenvalue weighted by molar-refractivity contribution is 6.00. The number of hydrogen-bond donors (Lipinski definition) is 28. The Morgan fingerprint density at radius 3 is 1.29 bits per heavy atom. The van der Waals surface area contributed by atoms with Crippen LogP contribution in [0.5, 0.6) is 0 Å². The van der Waals surface area contributed by atoms with Crippen LogP contribution in [-0.2, 0) is 89.6 Å². The molecule has 0 aliphatic carbocycles. The number of H-pyrrole nitrogens is 1. The lowest BCUT2D eigenvalue weighted by molar-refractivity contribution is -0.142. The molecular weight excluding hydrogens is 1550 g/mol. The Kier molecular flexibility index (Phi) is 47.8. The van der Waals surface area contributed by atoms with Crippen LogP contribution in [0.4, 0.5) is 0 Å². The van der Waals surface area contributed by atoms with Gasteiger partial charge in [0, 0.05) is 51.5 Å². The number of carboxylic acids is 2. The molecule has 1 aromatic heterocycles. The summed E-state index contributed by atoms with van der Waals surface area (Å²) in [6.45, 7) is 10.3. The summed E-state index contributed by atoms with van der Waals surface area (Å²) in [5.41, 5.74) is 34.3. The van der Waals surface area contributed by atoms with Crippen molar-refractivity contribution in [3.63, 3.8) is 0 Å². The second-order valence-electron chi connectivity index (χ2n) is 29.5. The molecule has 0 aliphatic rings. The SMILES string of the molecule is CC[C@H](C)[C@H](NC(=O)[C@H](Cc1ccccc1)NC(=O)[C@H](CCCNC(=N)N)NC(=O)CNC(=O)CNC(=O)[C@H](Cc1c[nH]cn1)NC(=O)[C@@H](N)CCC(N)=O)C(=O)N[C@@H](CCCNC(=N)N)C(=O)N[C@@H](CC(C)C)C(=O)N[C@@H](CCCCN)C(=O)N[C@@H](CC(C)C)C(=O)N[C@@H](CCC(=O)O)C(=O)N[C@@H](CCCNC(=N)N)C(=O)N[C@@H](C)C(=O)O. The first-order valence-electron chi connectivity index (χ1n) is 39.5. The summed E-state index contributed by atoms with van der Waals surface area (Å²) in [6, 6.07) is -8.89. The third kappa shape index (κ3) is 42.9. The zero-order valence-corrected chi connectivity index (χ0v) is 68.5. The van der Waals surface area contributed by atoms with E-state index in [9.17, 15) is 86.9 Å². The number of aliphatic carboxylic acids is 2. The first kappa shape index (κ1) is 103. The van der Waals surface area contributed by atoms with Crippen LogP contribution in [0.15, 0.2) is 42.9 Å². The Balaban J connectivity index is 2.56. The fourth-order valence-corrected chi connectivity index (χ4v) is 11.7. The molecule has 0 fully saturated rings. The van der Waals surface area contributed by atoms with Crippen molar-refractivity contribution in [3.05, 3.63) is 54.1 Å². The van der Waals surface area contributed by atoms with E-state index in [4.69, 9.17) is 50.6 Å². The summed E-state index contributed by atoms with van der Waals surface area (Å²) < 4.78 is 0. The molecule has 0 bridgehead atoms. The van der Waals surface area contributed by atoms with E-state index in [0.29, 0.717) is 17.7 Å². The fourth-order valence-electron chi connectivity index (χ4n) is 11.7. The Morgan fingerprint density at radius 1 is 0.437 bits per heavy atom. The Hall–Kier alpha value is -12.3. The van der Waals surface area contributed by atoms with Crippen molar-refractivity contribution in [2.24, 2.45) is 52.2 Å². The molecule has 34 N–H and O–H groups in total. The molecule has 0 spiro atoms. The molecule has 0 unspecified atom stereocenters. The number of hydrogen-bond acceptors (Lipinski definition) is 22. The number of unbranched alkanes of at least 4 members (excludes halogenated alkanes) is 1. The number of rotatable bonds is 59. The van der Waals surface area contributed by atoms with E-state index in [-0.39, 0.29) is 134 Å². The number of carbonyl (C=O) groups excluding carboxylic acids is 14. The van der Waals surface area contributed by atoms with E-state index in [1.54, 1.807) is 71.9 Å². The monoisotopic (exact) mass is 1680 g/mol. The zero-order chi connectivity index (χ0) is 89.4. The van der Waals surface area contributed by atoms with Crippen LogP contribution < -0.4 is 119 Å². The molecule has 13 atom stereocenters. The maximum Gasteiger partial charge on any atom is 0.325 e. The van der Waals surface area contributed by atoms with Gasteiger partial charge in [0.15, 0.2) is 17.9 Å². The minimum Gasteiger partial charge on any atom is -0.481 e. The van der Waals surface area contributed by atoms with E-state index in [1.165, 1.54) is 19.4 Å². The molecule has 119 heavy (non-hydrogen) atoms. The number of benzene rings is 1. The predicted molar refractivity (Wildman–Crippen MR) is 435 cm³/mol. The maximum atomic E-state index is 14.9. The third-order valence-electron chi connectivity index (χ3n) is 18.4. The molecule has 0 radical (unpaired) electrons. The van der Waals surface area contributed by atoms with Gasteiger partial charge in [-0.3, -0.25) is 92.9 Å². The largest absolute Gasteiger partial charge is 0.481 e. The Labute approximate surface area is 690 Å². The van der Waals surface area contributed by atoms with Crippen molar-refractivity contribution >= 4 is 113 Å². The predicted octanol–water partition coefficient (Wildman–Crippen LogP) is -6.62. The van der Waals surface area contributed by atoms with Gasteiger partial charge in [-0.25, -0.2) is 4.98 Å². The minimum absolute atomic E-state index is 0.0149. The van der Waals surface area contributed by atoms with Crippen LogP contribution in [0.2, 0.25) is 0 Å². The van der Waals surface area contributed by atoms with Crippen LogP contribution in [0.1, 0.15) is 162 Å². The van der Waals surface area contributed by atoms with Crippen LogP contribution in [0.3, 0.4) is 0 Å². The number of carbonyl (C=O) groups is 16. The minimum atomic E-state index is -1.66. The molecule has 0 saturated heterocycles. The number of primary amides is 1. The molecule has 45 nitrogen and oxygen atoms in total. The van der Waals surface area contributed by atoms with Crippen molar-refractivity contribution in [1.82, 2.24) is 95.0 Å². The Bertz CT molecular complexity index is 3700. The van der Waals surface area contributed by atoms with Gasteiger partial charge in [0.2, 0.25) is 82.7 Å².